The summed E-state index contributed by atoms with van der Waals surface area (Å²) in [6.45, 7) is 4.58. The summed E-state index contributed by atoms with van der Waals surface area (Å²) < 4.78 is 21.2. The molecule has 7 nitrogen and oxygen atoms in total. The number of hydrogen-bond acceptors (Lipinski definition) is 5. The van der Waals surface area contributed by atoms with Crippen LogP contribution in [0.2, 0.25) is 0 Å². The maximum absolute atomic E-state index is 14.3. The first kappa shape index (κ1) is 19.8. The SMILES string of the molecule is COc1ccc(F)c(CN2CCCC3(CCN(C(=O)CCn4cncn4)C3)C2)c1. The molecule has 0 saturated carbocycles. The van der Waals surface area contributed by atoms with Crippen molar-refractivity contribution in [1.82, 2.24) is 24.6 Å². The highest BCUT2D eigenvalue weighted by atomic mass is 19.1. The summed E-state index contributed by atoms with van der Waals surface area (Å²) in [4.78, 5) is 20.9. The van der Waals surface area contributed by atoms with Crippen LogP contribution in [0.5, 0.6) is 5.75 Å². The van der Waals surface area contributed by atoms with Crippen LogP contribution in [0.25, 0.3) is 0 Å². The van der Waals surface area contributed by atoms with E-state index in [1.807, 2.05) is 4.90 Å². The molecule has 0 N–H and O–H groups in total. The van der Waals surface area contributed by atoms with Crippen molar-refractivity contribution in [2.24, 2.45) is 5.41 Å². The molecule has 4 rings (SSSR count). The first-order valence-electron chi connectivity index (χ1n) is 10.2. The van der Waals surface area contributed by atoms with Gasteiger partial charge < -0.3 is 9.64 Å². The largest absolute Gasteiger partial charge is 0.497 e. The average Bonchev–Trinajstić information content (AvgIpc) is 3.38. The molecule has 156 valence electrons. The van der Waals surface area contributed by atoms with E-state index in [-0.39, 0.29) is 17.1 Å². The summed E-state index contributed by atoms with van der Waals surface area (Å²) >= 11 is 0. The predicted molar refractivity (Wildman–Crippen MR) is 106 cm³/mol. The van der Waals surface area contributed by atoms with E-state index >= 15 is 0 Å². The van der Waals surface area contributed by atoms with Gasteiger partial charge in [-0.15, -0.1) is 0 Å². The van der Waals surface area contributed by atoms with Crippen molar-refractivity contribution in [2.75, 3.05) is 33.3 Å². The molecule has 29 heavy (non-hydrogen) atoms. The molecular formula is C21H28FN5O2. The Balaban J connectivity index is 1.35. The van der Waals surface area contributed by atoms with Crippen LogP contribution in [0, 0.1) is 11.2 Å². The van der Waals surface area contributed by atoms with E-state index < -0.39 is 0 Å². The highest BCUT2D eigenvalue weighted by Crippen LogP contribution is 2.39. The second-order valence-corrected chi connectivity index (χ2v) is 8.25. The lowest BCUT2D eigenvalue weighted by atomic mass is 9.79. The van der Waals surface area contributed by atoms with Crippen LogP contribution < -0.4 is 4.74 Å². The summed E-state index contributed by atoms with van der Waals surface area (Å²) in [5, 5.41) is 4.06. The molecule has 1 aromatic heterocycles. The topological polar surface area (TPSA) is 63.5 Å². The second kappa shape index (κ2) is 8.49. The standard InChI is InChI=1S/C21H28FN5O2/c1-29-18-3-4-19(22)17(11-18)12-25-8-2-6-21(13-25)7-10-26(14-21)20(28)5-9-27-16-23-15-24-27/h3-4,11,15-16H,2,5-10,12-14H2,1H3. The van der Waals surface area contributed by atoms with E-state index in [4.69, 9.17) is 4.74 Å². The molecule has 2 aliphatic heterocycles. The number of ether oxygens (including phenoxy) is 1. The van der Waals surface area contributed by atoms with Crippen LogP contribution >= 0.6 is 0 Å². The molecule has 8 heteroatoms. The molecule has 3 heterocycles. The zero-order valence-corrected chi connectivity index (χ0v) is 16.9. The number of methoxy groups -OCH3 is 1. The van der Waals surface area contributed by atoms with Gasteiger partial charge in [0.25, 0.3) is 0 Å². The molecule has 0 bridgehead atoms. The molecule has 0 radical (unpaired) electrons. The number of hydrogen-bond donors (Lipinski definition) is 0. The normalized spacial score (nSPS) is 22.3. The first-order valence-corrected chi connectivity index (χ1v) is 10.2. The Morgan fingerprint density at radius 2 is 2.17 bits per heavy atom. The highest BCUT2D eigenvalue weighted by molar-refractivity contribution is 5.76. The Labute approximate surface area is 170 Å². The number of rotatable bonds is 6. The zero-order valence-electron chi connectivity index (χ0n) is 16.9. The van der Waals surface area contributed by atoms with Crippen molar-refractivity contribution in [2.45, 2.75) is 38.8 Å². The number of aromatic nitrogens is 3. The quantitative estimate of drug-likeness (QED) is 0.743. The number of aryl methyl sites for hydroxylation is 1. The van der Waals surface area contributed by atoms with Crippen LogP contribution in [0.3, 0.4) is 0 Å². The van der Waals surface area contributed by atoms with Gasteiger partial charge in [-0.3, -0.25) is 14.4 Å². The van der Waals surface area contributed by atoms with Gasteiger partial charge in [0.2, 0.25) is 5.91 Å². The minimum absolute atomic E-state index is 0.122. The fourth-order valence-electron chi connectivity index (χ4n) is 4.68. The molecule has 2 saturated heterocycles. The third kappa shape index (κ3) is 4.58. The predicted octanol–water partition coefficient (Wildman–Crippen LogP) is 2.33. The van der Waals surface area contributed by atoms with E-state index in [1.54, 1.807) is 30.3 Å². The highest BCUT2D eigenvalue weighted by Gasteiger charge is 2.42. The second-order valence-electron chi connectivity index (χ2n) is 8.25. The number of amides is 1. The summed E-state index contributed by atoms with van der Waals surface area (Å²) in [5.74, 6) is 0.660. The van der Waals surface area contributed by atoms with Gasteiger partial charge in [0.05, 0.1) is 13.7 Å². The van der Waals surface area contributed by atoms with Crippen molar-refractivity contribution in [3.05, 3.63) is 42.2 Å². The van der Waals surface area contributed by atoms with Gasteiger partial charge in [-0.25, -0.2) is 9.37 Å². The number of halogens is 1. The molecule has 1 atom stereocenters. The molecule has 2 aliphatic rings. The van der Waals surface area contributed by atoms with Crippen molar-refractivity contribution >= 4 is 5.91 Å². The smallest absolute Gasteiger partial charge is 0.224 e. The summed E-state index contributed by atoms with van der Waals surface area (Å²) in [6.07, 6.45) is 6.77. The van der Waals surface area contributed by atoms with Crippen molar-refractivity contribution in [3.63, 3.8) is 0 Å². The lowest BCUT2D eigenvalue weighted by Crippen LogP contribution is -2.45. The summed E-state index contributed by atoms with van der Waals surface area (Å²) in [7, 11) is 1.60. The van der Waals surface area contributed by atoms with Crippen molar-refractivity contribution in [3.8, 4) is 5.75 Å². The van der Waals surface area contributed by atoms with Gasteiger partial charge >= 0.3 is 0 Å². The van der Waals surface area contributed by atoms with Gasteiger partial charge in [-0.1, -0.05) is 0 Å². The van der Waals surface area contributed by atoms with Gasteiger partial charge in [-0.05, 0) is 44.0 Å². The first-order chi connectivity index (χ1) is 14.1. The fraction of sp³-hybridized carbons (Fsp3) is 0.571. The minimum atomic E-state index is -0.193. The minimum Gasteiger partial charge on any atom is -0.497 e. The number of carbonyl (C=O) groups excluding carboxylic acids is 1. The average molecular weight is 401 g/mol. The third-order valence-corrected chi connectivity index (χ3v) is 6.20. The van der Waals surface area contributed by atoms with Crippen LogP contribution in [-0.2, 0) is 17.9 Å². The molecular weight excluding hydrogens is 373 g/mol. The van der Waals surface area contributed by atoms with E-state index in [0.29, 0.717) is 30.8 Å². The van der Waals surface area contributed by atoms with Crippen molar-refractivity contribution < 1.29 is 13.9 Å². The maximum Gasteiger partial charge on any atom is 0.224 e. The molecule has 2 fully saturated rings. The Kier molecular flexibility index (Phi) is 5.80. The van der Waals surface area contributed by atoms with Gasteiger partial charge in [0.15, 0.2) is 0 Å². The van der Waals surface area contributed by atoms with Gasteiger partial charge in [0, 0.05) is 43.6 Å². The maximum atomic E-state index is 14.3. The Morgan fingerprint density at radius 1 is 1.28 bits per heavy atom. The van der Waals surface area contributed by atoms with E-state index in [9.17, 15) is 9.18 Å². The lowest BCUT2D eigenvalue weighted by molar-refractivity contribution is -0.131. The third-order valence-electron chi connectivity index (χ3n) is 6.20. The number of likely N-dealkylation sites (tertiary alicyclic amines) is 2. The Morgan fingerprint density at radius 3 is 2.97 bits per heavy atom. The van der Waals surface area contributed by atoms with Crippen LogP contribution in [-0.4, -0.2) is 63.8 Å². The molecule has 1 amide bonds. The fourth-order valence-corrected chi connectivity index (χ4v) is 4.68. The van der Waals surface area contributed by atoms with E-state index in [0.717, 1.165) is 45.4 Å². The zero-order chi connectivity index (χ0) is 20.3. The lowest BCUT2D eigenvalue weighted by Gasteiger charge is -2.40. The molecule has 1 unspecified atom stereocenters. The van der Waals surface area contributed by atoms with Gasteiger partial charge in [-0.2, -0.15) is 5.10 Å². The van der Waals surface area contributed by atoms with Crippen molar-refractivity contribution in [1.29, 1.82) is 0 Å². The number of carbonyl (C=O) groups is 1. The summed E-state index contributed by atoms with van der Waals surface area (Å²) in [5.41, 5.74) is 0.788. The molecule has 0 aliphatic carbocycles. The van der Waals surface area contributed by atoms with Crippen LogP contribution in [0.15, 0.2) is 30.9 Å². The molecule has 1 spiro atoms. The Bertz CT molecular complexity index is 844. The van der Waals surface area contributed by atoms with E-state index in [1.165, 1.54) is 12.4 Å². The van der Waals surface area contributed by atoms with Gasteiger partial charge in [0.1, 0.15) is 24.2 Å². The van der Waals surface area contributed by atoms with Crippen LogP contribution in [0.1, 0.15) is 31.2 Å². The Hall–Kier alpha value is -2.48. The van der Waals surface area contributed by atoms with Crippen LogP contribution in [0.4, 0.5) is 4.39 Å². The van der Waals surface area contributed by atoms with E-state index in [2.05, 4.69) is 15.0 Å². The number of piperidine rings is 1. The monoisotopic (exact) mass is 401 g/mol. The molecule has 2 aromatic rings. The molecule has 1 aromatic carbocycles. The number of benzene rings is 1. The number of nitrogens with zero attached hydrogens (tertiary/aromatic N) is 5. The summed E-state index contributed by atoms with van der Waals surface area (Å²) in [6, 6.07) is 4.90.